The van der Waals surface area contributed by atoms with Crippen LogP contribution in [0.25, 0.3) is 0 Å². The van der Waals surface area contributed by atoms with E-state index in [2.05, 4.69) is 5.32 Å². The van der Waals surface area contributed by atoms with Gasteiger partial charge in [-0.05, 0) is 24.3 Å². The number of benzene rings is 2. The number of carboxylic acid groups (broad SMARTS) is 2. The average Bonchev–Trinajstić information content (AvgIpc) is 2.48. The first-order chi connectivity index (χ1) is 10.1. The van der Waals surface area contributed by atoms with Gasteiger partial charge in [-0.2, -0.15) is 0 Å². The van der Waals surface area contributed by atoms with Gasteiger partial charge in [0, 0.05) is 23.5 Å². The molecule has 5 nitrogen and oxygen atoms in total. The van der Waals surface area contributed by atoms with Gasteiger partial charge < -0.3 is 15.5 Å². The van der Waals surface area contributed by atoms with E-state index in [1.54, 1.807) is 0 Å². The van der Waals surface area contributed by atoms with Gasteiger partial charge in [-0.25, -0.2) is 9.59 Å². The van der Waals surface area contributed by atoms with Crippen molar-refractivity contribution in [2.45, 2.75) is 0 Å². The molecule has 0 unspecified atom stereocenters. The van der Waals surface area contributed by atoms with Crippen LogP contribution in [0.4, 0.5) is 11.4 Å². The highest BCUT2D eigenvalue weighted by atomic mass is 16.4. The van der Waals surface area contributed by atoms with Crippen molar-refractivity contribution in [2.75, 3.05) is 5.32 Å². The van der Waals surface area contributed by atoms with Gasteiger partial charge in [0.15, 0.2) is 0 Å². The van der Waals surface area contributed by atoms with Crippen molar-refractivity contribution in [1.82, 2.24) is 0 Å². The quantitative estimate of drug-likeness (QED) is 0.751. The number of rotatable bonds is 4. The lowest BCUT2D eigenvalue weighted by Gasteiger charge is -2.04. The molecule has 108 valence electrons. The van der Waals surface area contributed by atoms with E-state index in [4.69, 9.17) is 10.2 Å². The molecule has 0 heterocycles. The first-order valence-electron chi connectivity index (χ1n) is 6.09. The van der Waals surface area contributed by atoms with E-state index >= 15 is 0 Å². The van der Waals surface area contributed by atoms with Crippen LogP contribution >= 0.6 is 0 Å². The fraction of sp³-hybridized carbons (Fsp3) is 0. The van der Waals surface area contributed by atoms with Crippen molar-refractivity contribution in [1.29, 1.82) is 0 Å². The topological polar surface area (TPSA) is 86.6 Å². The van der Waals surface area contributed by atoms with Crippen LogP contribution in [-0.4, -0.2) is 22.2 Å². The highest BCUT2D eigenvalue weighted by Gasteiger charge is 1.90. The molecule has 0 amide bonds. The Labute approximate surface area is 122 Å². The van der Waals surface area contributed by atoms with Gasteiger partial charge in [-0.3, -0.25) is 0 Å². The lowest BCUT2D eigenvalue weighted by molar-refractivity contribution is -0.134. The van der Waals surface area contributed by atoms with Gasteiger partial charge >= 0.3 is 11.9 Å². The minimum absolute atomic E-state index is 0.558. The molecule has 0 aliphatic heterocycles. The molecule has 2 aromatic carbocycles. The molecule has 0 saturated heterocycles. The fourth-order valence-corrected chi connectivity index (χ4v) is 1.35. The summed E-state index contributed by atoms with van der Waals surface area (Å²) < 4.78 is 0. The molecule has 0 atom stereocenters. The third kappa shape index (κ3) is 7.84. The van der Waals surface area contributed by atoms with Crippen LogP contribution in [0.3, 0.4) is 0 Å². The molecule has 21 heavy (non-hydrogen) atoms. The Morgan fingerprint density at radius 3 is 1.33 bits per heavy atom. The molecular weight excluding hydrogens is 270 g/mol. The molecule has 0 fully saturated rings. The predicted molar refractivity (Wildman–Crippen MR) is 80.6 cm³/mol. The third-order valence-electron chi connectivity index (χ3n) is 2.20. The second kappa shape index (κ2) is 8.92. The molecule has 2 aromatic rings. The standard InChI is InChI=1S/C12H11N.C4H4O4/c1-3-7-11(8-4-1)13-12-9-5-2-6-10-12;5-3(6)1-2-4(7)8/h1-10,13H;1-2H,(H,5,6)(H,7,8)/b;2-1-. The molecule has 0 aliphatic carbocycles. The maximum absolute atomic E-state index is 9.55. The van der Waals surface area contributed by atoms with Gasteiger partial charge in [-0.1, -0.05) is 36.4 Å². The lowest BCUT2D eigenvalue weighted by Crippen LogP contribution is -1.91. The van der Waals surface area contributed by atoms with E-state index in [9.17, 15) is 9.59 Å². The molecule has 0 spiro atoms. The Morgan fingerprint density at radius 1 is 0.714 bits per heavy atom. The summed E-state index contributed by atoms with van der Waals surface area (Å²) in [5.41, 5.74) is 2.24. The van der Waals surface area contributed by atoms with Crippen LogP contribution in [0.1, 0.15) is 0 Å². The van der Waals surface area contributed by atoms with Crippen molar-refractivity contribution in [3.05, 3.63) is 72.8 Å². The highest BCUT2D eigenvalue weighted by molar-refractivity contribution is 5.89. The molecule has 3 N–H and O–H groups in total. The lowest BCUT2D eigenvalue weighted by atomic mass is 10.3. The number of nitrogens with one attached hydrogen (secondary N) is 1. The Kier molecular flexibility index (Phi) is 6.79. The first-order valence-corrected chi connectivity index (χ1v) is 6.09. The molecule has 0 aliphatic rings. The van der Waals surface area contributed by atoms with E-state index in [0.29, 0.717) is 12.2 Å². The van der Waals surface area contributed by atoms with Crippen LogP contribution in [0, 0.1) is 0 Å². The minimum Gasteiger partial charge on any atom is -0.478 e. The van der Waals surface area contributed by atoms with Crippen molar-refractivity contribution in [2.24, 2.45) is 0 Å². The summed E-state index contributed by atoms with van der Waals surface area (Å²) in [5, 5.41) is 18.9. The third-order valence-corrected chi connectivity index (χ3v) is 2.20. The number of hydrogen-bond acceptors (Lipinski definition) is 3. The summed E-state index contributed by atoms with van der Waals surface area (Å²) in [6, 6.07) is 20.3. The van der Waals surface area contributed by atoms with Crippen LogP contribution in [0.15, 0.2) is 72.8 Å². The second-order valence-electron chi connectivity index (χ2n) is 3.87. The fourth-order valence-electron chi connectivity index (χ4n) is 1.35. The van der Waals surface area contributed by atoms with E-state index in [0.717, 1.165) is 11.4 Å². The Morgan fingerprint density at radius 2 is 1.05 bits per heavy atom. The summed E-state index contributed by atoms with van der Waals surface area (Å²) in [6.45, 7) is 0. The maximum atomic E-state index is 9.55. The predicted octanol–water partition coefficient (Wildman–Crippen LogP) is 3.14. The van der Waals surface area contributed by atoms with Crippen molar-refractivity contribution in [3.63, 3.8) is 0 Å². The van der Waals surface area contributed by atoms with E-state index in [1.165, 1.54) is 0 Å². The summed E-state index contributed by atoms with van der Waals surface area (Å²) in [5.74, 6) is -2.51. The molecule has 0 bridgehead atoms. The Hall–Kier alpha value is -3.08. The van der Waals surface area contributed by atoms with E-state index < -0.39 is 11.9 Å². The summed E-state index contributed by atoms with van der Waals surface area (Å²) in [7, 11) is 0. The number of anilines is 2. The molecular formula is C16H15NO4. The molecule has 0 saturated carbocycles. The number of para-hydroxylation sites is 2. The first kappa shape index (κ1) is 16.0. The summed E-state index contributed by atoms with van der Waals surface area (Å²) in [4.78, 5) is 19.1. The van der Waals surface area contributed by atoms with E-state index in [-0.39, 0.29) is 0 Å². The van der Waals surface area contributed by atoms with Crippen LogP contribution < -0.4 is 5.32 Å². The smallest absolute Gasteiger partial charge is 0.328 e. The minimum atomic E-state index is -1.26. The van der Waals surface area contributed by atoms with Crippen LogP contribution in [0.5, 0.6) is 0 Å². The molecule has 2 rings (SSSR count). The zero-order valence-corrected chi connectivity index (χ0v) is 11.1. The van der Waals surface area contributed by atoms with Gasteiger partial charge in [0.2, 0.25) is 0 Å². The number of carbonyl (C=O) groups is 2. The van der Waals surface area contributed by atoms with Crippen LogP contribution in [-0.2, 0) is 9.59 Å². The monoisotopic (exact) mass is 285 g/mol. The number of aliphatic carboxylic acids is 2. The zero-order chi connectivity index (χ0) is 15.5. The largest absolute Gasteiger partial charge is 0.478 e. The van der Waals surface area contributed by atoms with Crippen LogP contribution in [0.2, 0.25) is 0 Å². The van der Waals surface area contributed by atoms with Gasteiger partial charge in [0.05, 0.1) is 0 Å². The summed E-state index contributed by atoms with van der Waals surface area (Å²) in [6.07, 6.45) is 1.12. The van der Waals surface area contributed by atoms with Crippen molar-refractivity contribution >= 4 is 23.3 Å². The normalized spacial score (nSPS) is 9.52. The van der Waals surface area contributed by atoms with Gasteiger partial charge in [0.1, 0.15) is 0 Å². The Bertz CT molecular complexity index is 541. The van der Waals surface area contributed by atoms with Crippen molar-refractivity contribution < 1.29 is 19.8 Å². The van der Waals surface area contributed by atoms with Gasteiger partial charge in [0.25, 0.3) is 0 Å². The molecule has 0 radical (unpaired) electrons. The zero-order valence-electron chi connectivity index (χ0n) is 11.1. The maximum Gasteiger partial charge on any atom is 0.328 e. The number of carboxylic acids is 2. The SMILES string of the molecule is O=C(O)/C=C\C(=O)O.c1ccc(Nc2ccccc2)cc1. The van der Waals surface area contributed by atoms with Gasteiger partial charge in [-0.15, -0.1) is 0 Å². The highest BCUT2D eigenvalue weighted by Crippen LogP contribution is 2.14. The summed E-state index contributed by atoms with van der Waals surface area (Å²) >= 11 is 0. The second-order valence-corrected chi connectivity index (χ2v) is 3.87. The molecule has 5 heteroatoms. The molecule has 0 aromatic heterocycles. The van der Waals surface area contributed by atoms with E-state index in [1.807, 2.05) is 60.7 Å². The number of hydrogen-bond donors (Lipinski definition) is 3. The Balaban J connectivity index is 0.000000240. The average molecular weight is 285 g/mol. The van der Waals surface area contributed by atoms with Crippen molar-refractivity contribution in [3.8, 4) is 0 Å².